The van der Waals surface area contributed by atoms with Gasteiger partial charge < -0.3 is 24.6 Å². The molecule has 32 heavy (non-hydrogen) atoms. The predicted octanol–water partition coefficient (Wildman–Crippen LogP) is 2.23. The number of quaternary nitrogens is 1. The topological polar surface area (TPSA) is 63.4 Å². The van der Waals surface area contributed by atoms with Crippen LogP contribution in [0.25, 0.3) is 0 Å². The first kappa shape index (κ1) is 23.7. The molecule has 0 aliphatic carbocycles. The van der Waals surface area contributed by atoms with Crippen LogP contribution in [0.1, 0.15) is 5.56 Å². The van der Waals surface area contributed by atoms with E-state index in [0.29, 0.717) is 31.1 Å². The van der Waals surface area contributed by atoms with Crippen molar-refractivity contribution in [2.75, 3.05) is 26.3 Å². The van der Waals surface area contributed by atoms with Crippen LogP contribution in [0.2, 0.25) is 0 Å². The number of nitrogens with one attached hydrogen (secondary N) is 1. The minimum atomic E-state index is -0.788. The van der Waals surface area contributed by atoms with E-state index in [-0.39, 0.29) is 24.8 Å². The van der Waals surface area contributed by atoms with Crippen LogP contribution in [0.4, 0.5) is 8.78 Å². The Morgan fingerprint density at radius 1 is 0.656 bits per heavy atom. The highest BCUT2D eigenvalue weighted by Gasteiger charge is 2.21. The van der Waals surface area contributed by atoms with Crippen LogP contribution in [0.5, 0.6) is 11.5 Å². The van der Waals surface area contributed by atoms with Crippen molar-refractivity contribution in [2.24, 2.45) is 0 Å². The number of hydrogen-bond acceptors (Lipinski definition) is 4. The van der Waals surface area contributed by atoms with Crippen molar-refractivity contribution >= 4 is 0 Å². The molecule has 0 saturated heterocycles. The quantitative estimate of drug-likeness (QED) is 0.401. The molecule has 170 valence electrons. The molecule has 0 bridgehead atoms. The molecular formula is C25H28F2NO4+. The van der Waals surface area contributed by atoms with Crippen LogP contribution in [-0.2, 0) is 6.54 Å². The summed E-state index contributed by atoms with van der Waals surface area (Å²) in [6.45, 7) is 1.37. The van der Waals surface area contributed by atoms with E-state index < -0.39 is 12.2 Å². The molecule has 3 N–H and O–H groups in total. The molecule has 0 amide bonds. The maximum Gasteiger partial charge on any atom is 0.137 e. The molecule has 0 radical (unpaired) electrons. The molecule has 0 spiro atoms. The van der Waals surface area contributed by atoms with Crippen LogP contribution in [0, 0.1) is 11.6 Å². The third-order valence-corrected chi connectivity index (χ3v) is 4.86. The summed E-state index contributed by atoms with van der Waals surface area (Å²) >= 11 is 0. The minimum Gasteiger partial charge on any atom is -0.491 e. The lowest BCUT2D eigenvalue weighted by atomic mass is 10.2. The van der Waals surface area contributed by atoms with Crippen LogP contribution in [0.15, 0.2) is 78.9 Å². The van der Waals surface area contributed by atoms with Gasteiger partial charge >= 0.3 is 0 Å². The summed E-state index contributed by atoms with van der Waals surface area (Å²) in [5.74, 6) is 0.243. The van der Waals surface area contributed by atoms with Crippen LogP contribution < -0.4 is 14.4 Å². The molecule has 5 nitrogen and oxygen atoms in total. The van der Waals surface area contributed by atoms with Crippen molar-refractivity contribution < 1.29 is 33.4 Å². The molecule has 3 aromatic carbocycles. The van der Waals surface area contributed by atoms with Gasteiger partial charge in [-0.3, -0.25) is 0 Å². The molecule has 3 aromatic rings. The standard InChI is InChI=1S/C25H27F2NO4/c26-20-6-10-24(11-7-20)31-17-22(29)15-28(14-19-4-2-1-3-5-19)16-23(30)18-32-25-12-8-21(27)9-13-25/h1-13,22-23,29-30H,14-18H2/p+1/t22-,23+. The second kappa shape index (κ2) is 12.1. The highest BCUT2D eigenvalue weighted by molar-refractivity contribution is 5.22. The van der Waals surface area contributed by atoms with E-state index in [1.165, 1.54) is 48.5 Å². The zero-order valence-corrected chi connectivity index (χ0v) is 17.7. The fourth-order valence-corrected chi connectivity index (χ4v) is 3.34. The van der Waals surface area contributed by atoms with Gasteiger partial charge in [-0.15, -0.1) is 0 Å². The van der Waals surface area contributed by atoms with E-state index in [0.717, 1.165) is 10.5 Å². The Morgan fingerprint density at radius 3 is 1.53 bits per heavy atom. The Morgan fingerprint density at radius 2 is 1.09 bits per heavy atom. The molecule has 7 heteroatoms. The lowest BCUT2D eigenvalue weighted by molar-refractivity contribution is -0.920. The molecule has 0 fully saturated rings. The summed E-state index contributed by atoms with van der Waals surface area (Å²) in [5.41, 5.74) is 1.07. The number of halogens is 2. The Labute approximate surface area is 186 Å². The number of aliphatic hydroxyl groups excluding tert-OH is 2. The van der Waals surface area contributed by atoms with Gasteiger partial charge in [0.1, 0.15) is 68.2 Å². The Hall–Kier alpha value is -3.00. The smallest absolute Gasteiger partial charge is 0.137 e. The van der Waals surface area contributed by atoms with E-state index >= 15 is 0 Å². The molecule has 3 rings (SSSR count). The summed E-state index contributed by atoms with van der Waals surface area (Å²) < 4.78 is 37.1. The first-order valence-electron chi connectivity index (χ1n) is 10.5. The van der Waals surface area contributed by atoms with Crippen molar-refractivity contribution in [1.29, 1.82) is 0 Å². The van der Waals surface area contributed by atoms with Gasteiger partial charge in [-0.25, -0.2) is 8.78 Å². The van der Waals surface area contributed by atoms with Gasteiger partial charge in [0.25, 0.3) is 0 Å². The Bertz CT molecular complexity index is 865. The van der Waals surface area contributed by atoms with Gasteiger partial charge in [0, 0.05) is 5.56 Å². The summed E-state index contributed by atoms with van der Waals surface area (Å²) in [4.78, 5) is 0.946. The largest absolute Gasteiger partial charge is 0.491 e. The number of hydrogen-bond donors (Lipinski definition) is 3. The van der Waals surface area contributed by atoms with Crippen LogP contribution in [0.3, 0.4) is 0 Å². The summed E-state index contributed by atoms with van der Waals surface area (Å²) in [7, 11) is 0. The van der Waals surface area contributed by atoms with Crippen molar-refractivity contribution in [3.63, 3.8) is 0 Å². The molecule has 3 atom stereocenters. The van der Waals surface area contributed by atoms with Gasteiger partial charge in [0.2, 0.25) is 0 Å². The molecule has 0 heterocycles. The van der Waals surface area contributed by atoms with Gasteiger partial charge in [0.05, 0.1) is 0 Å². The number of ether oxygens (including phenoxy) is 2. The summed E-state index contributed by atoms with van der Waals surface area (Å²) in [5, 5.41) is 21.0. The fourth-order valence-electron chi connectivity index (χ4n) is 3.34. The summed E-state index contributed by atoms with van der Waals surface area (Å²) in [6, 6.07) is 21.0. The first-order valence-corrected chi connectivity index (χ1v) is 10.5. The maximum atomic E-state index is 13.0. The van der Waals surface area contributed by atoms with Crippen molar-refractivity contribution in [1.82, 2.24) is 0 Å². The highest BCUT2D eigenvalue weighted by Crippen LogP contribution is 2.12. The van der Waals surface area contributed by atoms with E-state index in [1.54, 1.807) is 0 Å². The average Bonchev–Trinajstić information content (AvgIpc) is 2.79. The van der Waals surface area contributed by atoms with Crippen LogP contribution >= 0.6 is 0 Å². The second-order valence-corrected chi connectivity index (χ2v) is 7.66. The number of benzene rings is 3. The van der Waals surface area contributed by atoms with E-state index in [2.05, 4.69) is 0 Å². The second-order valence-electron chi connectivity index (χ2n) is 7.66. The van der Waals surface area contributed by atoms with Crippen molar-refractivity contribution in [3.05, 3.63) is 96.1 Å². The molecular weight excluding hydrogens is 416 g/mol. The van der Waals surface area contributed by atoms with Gasteiger partial charge in [-0.05, 0) is 48.5 Å². The molecule has 1 unspecified atom stereocenters. The zero-order chi connectivity index (χ0) is 22.8. The Balaban J connectivity index is 1.54. The van der Waals surface area contributed by atoms with E-state index in [1.807, 2.05) is 30.3 Å². The third-order valence-electron chi connectivity index (χ3n) is 4.86. The van der Waals surface area contributed by atoms with Gasteiger partial charge in [-0.2, -0.15) is 0 Å². The minimum absolute atomic E-state index is 0.0477. The van der Waals surface area contributed by atoms with Crippen LogP contribution in [-0.4, -0.2) is 48.7 Å². The first-order chi connectivity index (χ1) is 15.5. The van der Waals surface area contributed by atoms with Crippen molar-refractivity contribution in [2.45, 2.75) is 18.8 Å². The monoisotopic (exact) mass is 444 g/mol. The van der Waals surface area contributed by atoms with E-state index in [9.17, 15) is 19.0 Å². The normalized spacial score (nSPS) is 13.9. The number of rotatable bonds is 12. The molecule has 0 aliphatic rings. The highest BCUT2D eigenvalue weighted by atomic mass is 19.1. The lowest BCUT2D eigenvalue weighted by Gasteiger charge is -2.25. The molecule has 0 aromatic heterocycles. The van der Waals surface area contributed by atoms with Gasteiger partial charge in [0.15, 0.2) is 0 Å². The third kappa shape index (κ3) is 8.26. The van der Waals surface area contributed by atoms with Gasteiger partial charge in [-0.1, -0.05) is 30.3 Å². The summed E-state index contributed by atoms with van der Waals surface area (Å²) in [6.07, 6.45) is -1.58. The lowest BCUT2D eigenvalue weighted by Crippen LogP contribution is -3.13. The average molecular weight is 444 g/mol. The fraction of sp³-hybridized carbons (Fsp3) is 0.280. The SMILES string of the molecule is O[C@H](COc1ccc(F)cc1)C[NH+](Cc1ccccc1)C[C@@H](O)COc1ccc(F)cc1. The number of aliphatic hydroxyl groups is 2. The predicted molar refractivity (Wildman–Crippen MR) is 117 cm³/mol. The maximum absolute atomic E-state index is 13.0. The molecule has 0 aliphatic heterocycles. The van der Waals surface area contributed by atoms with Crippen molar-refractivity contribution in [3.8, 4) is 11.5 Å². The Kier molecular flexibility index (Phi) is 8.98. The zero-order valence-electron chi connectivity index (χ0n) is 17.7. The molecule has 0 saturated carbocycles. The van der Waals surface area contributed by atoms with E-state index in [4.69, 9.17) is 9.47 Å².